The van der Waals surface area contributed by atoms with E-state index in [0.29, 0.717) is 22.9 Å². The summed E-state index contributed by atoms with van der Waals surface area (Å²) in [5.41, 5.74) is 2.31. The topological polar surface area (TPSA) is 83.4 Å². The third-order valence-electron chi connectivity index (χ3n) is 6.31. The molecule has 1 fully saturated rings. The van der Waals surface area contributed by atoms with Gasteiger partial charge in [0.25, 0.3) is 7.41 Å². The molecular weight excluding hydrogens is 470 g/mol. The number of carboxylic acids is 1. The fourth-order valence-electron chi connectivity index (χ4n) is 4.38. The van der Waals surface area contributed by atoms with Crippen molar-refractivity contribution >= 4 is 19.6 Å². The van der Waals surface area contributed by atoms with Crippen LogP contribution in [0.5, 0.6) is 0 Å². The van der Waals surface area contributed by atoms with Gasteiger partial charge < -0.3 is 14.7 Å². The molecule has 1 aliphatic rings. The zero-order valence-corrected chi connectivity index (χ0v) is 19.4. The maximum Gasteiger partial charge on any atom is 0.419 e. The quantitative estimate of drug-likeness (QED) is 0.342. The SMILES string of the molecule is O=C[B]N1CC(c2ccc(Cc3ncc(C(F)(F)F)c(CCc4ccccc4CC(=O)O)n3)cc2)C1. The van der Waals surface area contributed by atoms with Crippen LogP contribution >= 0.6 is 0 Å². The van der Waals surface area contributed by atoms with Gasteiger partial charge in [-0.05, 0) is 48.2 Å². The molecule has 0 spiro atoms. The van der Waals surface area contributed by atoms with Crippen molar-refractivity contribution in [2.24, 2.45) is 0 Å². The van der Waals surface area contributed by atoms with Gasteiger partial charge in [-0.3, -0.25) is 4.79 Å². The second-order valence-corrected chi connectivity index (χ2v) is 8.84. The van der Waals surface area contributed by atoms with Crippen molar-refractivity contribution in [3.63, 3.8) is 0 Å². The summed E-state index contributed by atoms with van der Waals surface area (Å²) in [6, 6.07) is 14.7. The second kappa shape index (κ2) is 11.0. The largest absolute Gasteiger partial charge is 0.481 e. The summed E-state index contributed by atoms with van der Waals surface area (Å²) >= 11 is 0. The number of halogens is 3. The van der Waals surface area contributed by atoms with Crippen LogP contribution in [0.15, 0.2) is 54.7 Å². The molecule has 1 radical (unpaired) electrons. The van der Waals surface area contributed by atoms with Gasteiger partial charge in [0.1, 0.15) is 5.82 Å². The minimum absolute atomic E-state index is 0.00984. The molecule has 0 unspecified atom stereocenters. The van der Waals surface area contributed by atoms with Crippen LogP contribution in [0.4, 0.5) is 13.2 Å². The van der Waals surface area contributed by atoms with Crippen molar-refractivity contribution in [1.29, 1.82) is 0 Å². The fraction of sp³-hybridized carbons (Fsp3) is 0.308. The number of aromatic nitrogens is 2. The minimum Gasteiger partial charge on any atom is -0.481 e. The number of alkyl halides is 3. The third-order valence-corrected chi connectivity index (χ3v) is 6.31. The molecule has 185 valence electrons. The Morgan fingerprint density at radius 3 is 2.42 bits per heavy atom. The molecule has 0 atom stereocenters. The zero-order valence-electron chi connectivity index (χ0n) is 19.4. The summed E-state index contributed by atoms with van der Waals surface area (Å²) in [7, 11) is 1.52. The maximum absolute atomic E-state index is 13.6. The molecule has 0 bridgehead atoms. The number of nitrogens with zero attached hydrogens (tertiary/aromatic N) is 3. The first kappa shape index (κ1) is 25.6. The fourth-order valence-corrected chi connectivity index (χ4v) is 4.38. The van der Waals surface area contributed by atoms with Gasteiger partial charge in [-0.15, -0.1) is 0 Å². The molecule has 1 N–H and O–H groups in total. The van der Waals surface area contributed by atoms with E-state index in [1.54, 1.807) is 24.3 Å². The summed E-state index contributed by atoms with van der Waals surface area (Å²) in [5, 5.41) is 9.12. The monoisotopic (exact) mass is 494 g/mol. The molecule has 4 rings (SSSR count). The Bertz CT molecular complexity index is 1230. The van der Waals surface area contributed by atoms with Gasteiger partial charge in [0, 0.05) is 18.5 Å². The van der Waals surface area contributed by atoms with Crippen LogP contribution in [0, 0.1) is 0 Å². The molecule has 6 nitrogen and oxygen atoms in total. The second-order valence-electron chi connectivity index (χ2n) is 8.84. The molecule has 3 aromatic rings. The van der Waals surface area contributed by atoms with Crippen LogP contribution in [0.3, 0.4) is 0 Å². The number of carbonyl (C=O) groups excluding carboxylic acids is 1. The Kier molecular flexibility index (Phi) is 7.83. The molecule has 2 heterocycles. The predicted molar refractivity (Wildman–Crippen MR) is 128 cm³/mol. The summed E-state index contributed by atoms with van der Waals surface area (Å²) < 4.78 is 40.9. The average Bonchev–Trinajstić information content (AvgIpc) is 2.80. The lowest BCUT2D eigenvalue weighted by Gasteiger charge is -2.38. The van der Waals surface area contributed by atoms with Crippen molar-refractivity contribution in [3.05, 3.63) is 94.1 Å². The summed E-state index contributed by atoms with van der Waals surface area (Å²) in [5.74, 6) is -0.365. The van der Waals surface area contributed by atoms with Crippen LogP contribution in [0.25, 0.3) is 0 Å². The summed E-state index contributed by atoms with van der Waals surface area (Å²) in [4.78, 5) is 31.8. The zero-order chi connectivity index (χ0) is 25.7. The first-order valence-corrected chi connectivity index (χ1v) is 11.5. The minimum atomic E-state index is -4.59. The van der Waals surface area contributed by atoms with E-state index < -0.39 is 17.7 Å². The summed E-state index contributed by atoms with van der Waals surface area (Å²) in [6.07, 6.45) is -2.64. The van der Waals surface area contributed by atoms with Gasteiger partial charge in [0.15, 0.2) is 0 Å². The number of hydrogen-bond donors (Lipinski definition) is 1. The van der Waals surface area contributed by atoms with E-state index in [9.17, 15) is 22.8 Å². The van der Waals surface area contributed by atoms with Gasteiger partial charge in [-0.1, -0.05) is 48.5 Å². The highest BCUT2D eigenvalue weighted by molar-refractivity contribution is 6.64. The molecule has 0 saturated carbocycles. The number of aliphatic carboxylic acids is 1. The molecule has 36 heavy (non-hydrogen) atoms. The standard InChI is InChI=1S/C26H24BF3N3O3/c28-26(29,30)22-13-31-24(11-17-5-7-19(8-6-17)21-14-33(15-21)27-16-34)32-23(22)10-9-18-3-1-2-4-20(18)12-25(35)36/h1-8,13,16,21H,9-12,14-15H2,(H,35,36). The van der Waals surface area contributed by atoms with Crippen LogP contribution in [0.1, 0.15) is 45.3 Å². The third kappa shape index (κ3) is 6.37. The Labute approximate surface area is 207 Å². The first-order valence-electron chi connectivity index (χ1n) is 11.5. The van der Waals surface area contributed by atoms with Crippen LogP contribution < -0.4 is 0 Å². The van der Waals surface area contributed by atoms with Crippen LogP contribution in [0.2, 0.25) is 0 Å². The molecule has 2 aromatic carbocycles. The van der Waals surface area contributed by atoms with E-state index in [2.05, 4.69) is 9.97 Å². The van der Waals surface area contributed by atoms with E-state index >= 15 is 0 Å². The molecular formula is C26H24BF3N3O3. The molecule has 1 aromatic heterocycles. The summed E-state index contributed by atoms with van der Waals surface area (Å²) in [6.45, 7) is 1.55. The maximum atomic E-state index is 13.6. The normalized spacial score (nSPS) is 14.3. The average molecular weight is 494 g/mol. The lowest BCUT2D eigenvalue weighted by atomic mass is 9.81. The number of hydrogen-bond acceptors (Lipinski definition) is 5. The lowest BCUT2D eigenvalue weighted by molar-refractivity contribution is -0.139. The van der Waals surface area contributed by atoms with Crippen LogP contribution in [-0.4, -0.2) is 52.5 Å². The van der Waals surface area contributed by atoms with Crippen molar-refractivity contribution in [2.75, 3.05) is 13.1 Å². The van der Waals surface area contributed by atoms with Crippen LogP contribution in [-0.2, 0) is 41.4 Å². The van der Waals surface area contributed by atoms with Crippen molar-refractivity contribution < 1.29 is 27.9 Å². The lowest BCUT2D eigenvalue weighted by Crippen LogP contribution is -2.47. The van der Waals surface area contributed by atoms with E-state index in [1.165, 1.54) is 7.41 Å². The van der Waals surface area contributed by atoms with Gasteiger partial charge >= 0.3 is 12.1 Å². The van der Waals surface area contributed by atoms with Gasteiger partial charge in [-0.25, -0.2) is 9.97 Å². The molecule has 1 aliphatic heterocycles. The first-order chi connectivity index (χ1) is 17.2. The highest BCUT2D eigenvalue weighted by Gasteiger charge is 2.35. The van der Waals surface area contributed by atoms with E-state index in [0.717, 1.165) is 36.6 Å². The van der Waals surface area contributed by atoms with Crippen molar-refractivity contribution in [1.82, 2.24) is 14.8 Å². The Hall–Kier alpha value is -3.53. The molecule has 1 saturated heterocycles. The number of benzene rings is 2. The molecule has 0 aliphatic carbocycles. The number of aryl methyl sites for hydroxylation is 2. The Morgan fingerprint density at radius 2 is 1.78 bits per heavy atom. The Balaban J connectivity index is 1.48. The number of rotatable bonds is 10. The highest BCUT2D eigenvalue weighted by atomic mass is 19.4. The van der Waals surface area contributed by atoms with E-state index in [-0.39, 0.29) is 31.4 Å². The van der Waals surface area contributed by atoms with Crippen molar-refractivity contribution in [3.8, 4) is 0 Å². The van der Waals surface area contributed by atoms with Crippen molar-refractivity contribution in [2.45, 2.75) is 37.8 Å². The Morgan fingerprint density at radius 1 is 1.08 bits per heavy atom. The highest BCUT2D eigenvalue weighted by Crippen LogP contribution is 2.32. The van der Waals surface area contributed by atoms with Gasteiger partial charge in [-0.2, -0.15) is 13.2 Å². The molecule has 0 amide bonds. The smallest absolute Gasteiger partial charge is 0.419 e. The van der Waals surface area contributed by atoms with E-state index in [4.69, 9.17) is 5.11 Å². The number of carbonyl (C=O) groups is 2. The predicted octanol–water partition coefficient (Wildman–Crippen LogP) is 3.71. The molecule has 10 heteroatoms. The van der Waals surface area contributed by atoms with Gasteiger partial charge in [0.2, 0.25) is 0 Å². The number of carboxylic acid groups (broad SMARTS) is 1. The van der Waals surface area contributed by atoms with E-state index in [1.807, 2.05) is 29.1 Å². The van der Waals surface area contributed by atoms with Gasteiger partial charge in [0.05, 0.1) is 23.9 Å².